The second-order valence-electron chi connectivity index (χ2n) is 14.5. The van der Waals surface area contributed by atoms with Crippen LogP contribution in [0.3, 0.4) is 0 Å². The van der Waals surface area contributed by atoms with Crippen LogP contribution in [-0.2, 0) is 0 Å². The number of anilines is 3. The third kappa shape index (κ3) is 4.29. The first-order valence-electron chi connectivity index (χ1n) is 17.9. The van der Waals surface area contributed by atoms with Crippen molar-refractivity contribution in [2.24, 2.45) is 0 Å². The molecular weight excluding hydrogens is 667 g/mol. The third-order valence-electron chi connectivity index (χ3n) is 11.3. The van der Waals surface area contributed by atoms with Crippen molar-refractivity contribution in [1.29, 1.82) is 0 Å². The normalized spacial score (nSPS) is 13.3. The Bertz CT molecular complexity index is 3060. The fourth-order valence-electron chi connectivity index (χ4n) is 8.67. The van der Waals surface area contributed by atoms with Crippen LogP contribution in [0.4, 0.5) is 17.1 Å². The summed E-state index contributed by atoms with van der Waals surface area (Å²) in [6.07, 6.45) is 0. The van der Waals surface area contributed by atoms with E-state index < -0.39 is 8.07 Å². The predicted molar refractivity (Wildman–Crippen MR) is 226 cm³/mol. The number of fused-ring (bicyclic) bond motifs is 11. The zero-order valence-electron chi connectivity index (χ0n) is 28.9. The quantitative estimate of drug-likeness (QED) is 0.170. The van der Waals surface area contributed by atoms with E-state index in [1.54, 1.807) is 0 Å². The molecule has 0 N–H and O–H groups in total. The van der Waals surface area contributed by atoms with Crippen molar-refractivity contribution in [1.82, 2.24) is 0 Å². The van der Waals surface area contributed by atoms with Gasteiger partial charge < -0.3 is 9.32 Å². The lowest BCUT2D eigenvalue weighted by Crippen LogP contribution is -2.49. The molecule has 246 valence electrons. The molecule has 0 unspecified atom stereocenters. The Morgan fingerprint density at radius 1 is 0.519 bits per heavy atom. The van der Waals surface area contributed by atoms with Crippen LogP contribution in [0.5, 0.6) is 0 Å². The molecule has 2 aromatic heterocycles. The molecule has 52 heavy (non-hydrogen) atoms. The van der Waals surface area contributed by atoms with E-state index in [-0.39, 0.29) is 0 Å². The summed E-state index contributed by atoms with van der Waals surface area (Å²) < 4.78 is 9.20. The van der Waals surface area contributed by atoms with Gasteiger partial charge in [-0.05, 0) is 98.0 Å². The molecule has 1 aliphatic heterocycles. The predicted octanol–water partition coefficient (Wildman–Crippen LogP) is 13.0. The summed E-state index contributed by atoms with van der Waals surface area (Å²) >= 11 is 1.94. The summed E-state index contributed by atoms with van der Waals surface area (Å²) in [5.74, 6) is 0. The fraction of sp³-hybridized carbons (Fsp3) is 0.0417. The highest BCUT2D eigenvalue weighted by atomic mass is 32.1. The number of thiophene rings is 1. The summed E-state index contributed by atoms with van der Waals surface area (Å²) in [7, 11) is -2.03. The van der Waals surface area contributed by atoms with Crippen LogP contribution in [0.25, 0.3) is 75.1 Å². The van der Waals surface area contributed by atoms with Gasteiger partial charge in [0.1, 0.15) is 19.2 Å². The summed E-state index contributed by atoms with van der Waals surface area (Å²) in [6, 6.07) is 60.1. The topological polar surface area (TPSA) is 16.4 Å². The highest BCUT2D eigenvalue weighted by Crippen LogP contribution is 2.46. The molecule has 0 spiro atoms. The molecule has 10 aromatic rings. The first-order chi connectivity index (χ1) is 25.5. The molecule has 0 saturated heterocycles. The standard InChI is InChI=1S/C48H33NOSSi/c1-52(2)44-27-26-37-36-12-6-8-17-43(36)51-48(37)47(44)39-25-24-35(29-45(39)52)49(40-14-9-16-42-46(40)38-13-5-7-15-41(38)50-42)34-22-20-31(21-23-34)33-19-18-30-10-3-4-11-32(30)28-33/h3-29H,1-2H3. The van der Waals surface area contributed by atoms with Crippen LogP contribution in [0.15, 0.2) is 168 Å². The smallest absolute Gasteiger partial charge is 0.137 e. The van der Waals surface area contributed by atoms with Crippen molar-refractivity contribution in [2.75, 3.05) is 4.90 Å². The van der Waals surface area contributed by atoms with Crippen LogP contribution < -0.4 is 15.3 Å². The summed E-state index contributed by atoms with van der Waals surface area (Å²) in [4.78, 5) is 2.44. The monoisotopic (exact) mass is 699 g/mol. The van der Waals surface area contributed by atoms with E-state index in [4.69, 9.17) is 4.42 Å². The summed E-state index contributed by atoms with van der Waals surface area (Å²) in [5, 5.41) is 10.5. The number of nitrogens with zero attached hydrogens (tertiary/aromatic N) is 1. The number of benzene rings is 8. The SMILES string of the molecule is C[Si]1(C)c2cc(N(c3ccc(-c4ccc5ccccc5c4)cc3)c3cccc4oc5ccccc5c34)ccc2-c2c1ccc1c2sc2ccccc21. The highest BCUT2D eigenvalue weighted by molar-refractivity contribution is 7.26. The van der Waals surface area contributed by atoms with E-state index in [9.17, 15) is 0 Å². The second-order valence-corrected chi connectivity index (χ2v) is 19.9. The van der Waals surface area contributed by atoms with Crippen molar-refractivity contribution in [2.45, 2.75) is 13.1 Å². The van der Waals surface area contributed by atoms with Crippen LogP contribution >= 0.6 is 11.3 Å². The van der Waals surface area contributed by atoms with Gasteiger partial charge in [0.05, 0.1) is 11.1 Å². The van der Waals surface area contributed by atoms with Gasteiger partial charge in [-0.25, -0.2) is 0 Å². The Labute approximate surface area is 306 Å². The van der Waals surface area contributed by atoms with Gasteiger partial charge in [0.2, 0.25) is 0 Å². The maximum absolute atomic E-state index is 6.42. The third-order valence-corrected chi connectivity index (χ3v) is 16.0. The number of hydrogen-bond donors (Lipinski definition) is 0. The molecule has 0 saturated carbocycles. The van der Waals surface area contributed by atoms with Crippen LogP contribution in [0, 0.1) is 0 Å². The number of para-hydroxylation sites is 1. The van der Waals surface area contributed by atoms with Crippen molar-refractivity contribution < 1.29 is 4.42 Å². The van der Waals surface area contributed by atoms with E-state index in [2.05, 4.69) is 176 Å². The largest absolute Gasteiger partial charge is 0.456 e. The van der Waals surface area contributed by atoms with Gasteiger partial charge >= 0.3 is 0 Å². The van der Waals surface area contributed by atoms with Gasteiger partial charge in [0, 0.05) is 36.9 Å². The zero-order chi connectivity index (χ0) is 34.6. The highest BCUT2D eigenvalue weighted by Gasteiger charge is 2.39. The van der Waals surface area contributed by atoms with Gasteiger partial charge in [-0.2, -0.15) is 0 Å². The molecule has 8 aromatic carbocycles. The van der Waals surface area contributed by atoms with Crippen molar-refractivity contribution >= 4 is 99.7 Å². The average molecular weight is 700 g/mol. The Morgan fingerprint density at radius 2 is 1.25 bits per heavy atom. The lowest BCUT2D eigenvalue weighted by Gasteiger charge is -2.28. The Hall–Kier alpha value is -5.94. The zero-order valence-corrected chi connectivity index (χ0v) is 30.7. The Morgan fingerprint density at radius 3 is 2.13 bits per heavy atom. The fourth-order valence-corrected chi connectivity index (χ4v) is 13.1. The minimum absolute atomic E-state index is 0.895. The second kappa shape index (κ2) is 11.0. The van der Waals surface area contributed by atoms with Crippen LogP contribution in [-0.4, -0.2) is 8.07 Å². The molecule has 0 atom stereocenters. The minimum Gasteiger partial charge on any atom is -0.456 e. The van der Waals surface area contributed by atoms with E-state index in [0.717, 1.165) is 39.0 Å². The molecule has 0 amide bonds. The molecule has 4 heteroatoms. The van der Waals surface area contributed by atoms with Crippen molar-refractivity contribution in [3.8, 4) is 22.3 Å². The molecule has 3 heterocycles. The summed E-state index contributed by atoms with van der Waals surface area (Å²) in [6.45, 7) is 5.04. The lowest BCUT2D eigenvalue weighted by atomic mass is 10.00. The van der Waals surface area contributed by atoms with Crippen molar-refractivity contribution in [3.63, 3.8) is 0 Å². The summed E-state index contributed by atoms with van der Waals surface area (Å²) in [5.41, 5.74) is 10.5. The Kier molecular flexibility index (Phi) is 6.31. The molecule has 0 aliphatic carbocycles. The van der Waals surface area contributed by atoms with E-state index in [1.807, 2.05) is 17.4 Å². The van der Waals surface area contributed by atoms with Crippen LogP contribution in [0.2, 0.25) is 13.1 Å². The van der Waals surface area contributed by atoms with Gasteiger partial charge in [-0.1, -0.05) is 122 Å². The number of rotatable bonds is 4. The van der Waals surface area contributed by atoms with Crippen molar-refractivity contribution in [3.05, 3.63) is 164 Å². The molecule has 11 rings (SSSR count). The molecule has 1 aliphatic rings. The number of hydrogen-bond acceptors (Lipinski definition) is 3. The average Bonchev–Trinajstić information content (AvgIpc) is 3.83. The lowest BCUT2D eigenvalue weighted by molar-refractivity contribution is 0.669. The van der Waals surface area contributed by atoms with Gasteiger partial charge in [-0.15, -0.1) is 11.3 Å². The van der Waals surface area contributed by atoms with Crippen LogP contribution in [0.1, 0.15) is 0 Å². The van der Waals surface area contributed by atoms with Gasteiger partial charge in [-0.3, -0.25) is 0 Å². The maximum atomic E-state index is 6.42. The number of furan rings is 1. The molecule has 0 radical (unpaired) electrons. The van der Waals surface area contributed by atoms with Gasteiger partial charge in [0.15, 0.2) is 0 Å². The van der Waals surface area contributed by atoms with Gasteiger partial charge in [0.25, 0.3) is 0 Å². The molecule has 2 nitrogen and oxygen atoms in total. The molecular formula is C48H33NOSSi. The minimum atomic E-state index is -2.03. The molecule has 0 bridgehead atoms. The first-order valence-corrected chi connectivity index (χ1v) is 21.7. The van der Waals surface area contributed by atoms with E-state index in [0.29, 0.717) is 0 Å². The van der Waals surface area contributed by atoms with E-state index >= 15 is 0 Å². The Balaban J connectivity index is 1.11. The van der Waals surface area contributed by atoms with E-state index in [1.165, 1.54) is 63.6 Å². The maximum Gasteiger partial charge on any atom is 0.137 e. The molecule has 0 fully saturated rings. The first kappa shape index (κ1) is 29.8.